The summed E-state index contributed by atoms with van der Waals surface area (Å²) in [4.78, 5) is 2.65. The predicted molar refractivity (Wildman–Crippen MR) is 84.9 cm³/mol. The van der Waals surface area contributed by atoms with Gasteiger partial charge in [-0.2, -0.15) is 0 Å². The number of likely N-dealkylation sites (tertiary alicyclic amines) is 1. The maximum atomic E-state index is 5.66. The maximum absolute atomic E-state index is 5.66. The van der Waals surface area contributed by atoms with Crippen LogP contribution < -0.4 is 5.32 Å². The summed E-state index contributed by atoms with van der Waals surface area (Å²) in [7, 11) is 4.00. The van der Waals surface area contributed by atoms with Gasteiger partial charge in [0, 0.05) is 26.2 Å². The van der Waals surface area contributed by atoms with Gasteiger partial charge in [0.15, 0.2) is 0 Å². The number of hydrogen-bond donors (Lipinski definition) is 1. The van der Waals surface area contributed by atoms with E-state index in [1.54, 1.807) is 0 Å². The van der Waals surface area contributed by atoms with Gasteiger partial charge in [0.2, 0.25) is 0 Å². The van der Waals surface area contributed by atoms with Gasteiger partial charge in [-0.3, -0.25) is 0 Å². The molecule has 1 saturated heterocycles. The molecule has 0 aromatic rings. The van der Waals surface area contributed by atoms with Crippen LogP contribution in [0.2, 0.25) is 0 Å². The molecule has 0 spiro atoms. The highest BCUT2D eigenvalue weighted by atomic mass is 16.5. The van der Waals surface area contributed by atoms with E-state index in [1.807, 2.05) is 7.11 Å². The summed E-state index contributed by atoms with van der Waals surface area (Å²) in [5.74, 6) is 3.20. The van der Waals surface area contributed by atoms with Gasteiger partial charge in [-0.1, -0.05) is 20.8 Å². The summed E-state index contributed by atoms with van der Waals surface area (Å²) in [6.07, 6.45) is 4.43. The Kier molecular flexibility index (Phi) is 5.88. The molecule has 0 aromatic carbocycles. The van der Waals surface area contributed by atoms with Crippen molar-refractivity contribution < 1.29 is 4.74 Å². The van der Waals surface area contributed by atoms with E-state index >= 15 is 0 Å². The second-order valence-electron chi connectivity index (χ2n) is 7.41. The Morgan fingerprint density at radius 1 is 1.15 bits per heavy atom. The van der Waals surface area contributed by atoms with E-state index in [0.29, 0.717) is 18.1 Å². The third kappa shape index (κ3) is 3.75. The molecule has 1 N–H and O–H groups in total. The zero-order valence-corrected chi connectivity index (χ0v) is 14.1. The van der Waals surface area contributed by atoms with Crippen LogP contribution in [-0.2, 0) is 4.74 Å². The second kappa shape index (κ2) is 7.24. The molecule has 1 aliphatic heterocycles. The monoisotopic (exact) mass is 282 g/mol. The molecule has 20 heavy (non-hydrogen) atoms. The van der Waals surface area contributed by atoms with Crippen molar-refractivity contribution in [2.75, 3.05) is 33.8 Å². The smallest absolute Gasteiger partial charge is 0.0724 e. The average molecular weight is 282 g/mol. The molecule has 1 heterocycles. The number of rotatable bonds is 4. The second-order valence-corrected chi connectivity index (χ2v) is 7.41. The van der Waals surface area contributed by atoms with Crippen LogP contribution in [0.1, 0.15) is 40.0 Å². The number of nitrogens with zero attached hydrogens (tertiary/aromatic N) is 1. The van der Waals surface area contributed by atoms with E-state index < -0.39 is 0 Å². The first-order chi connectivity index (χ1) is 9.55. The molecule has 0 bridgehead atoms. The molecule has 0 amide bonds. The van der Waals surface area contributed by atoms with Crippen LogP contribution in [0.15, 0.2) is 0 Å². The Labute approximate surface area is 125 Å². The van der Waals surface area contributed by atoms with Gasteiger partial charge in [0.1, 0.15) is 0 Å². The molecule has 3 heteroatoms. The van der Waals surface area contributed by atoms with Gasteiger partial charge < -0.3 is 15.0 Å². The van der Waals surface area contributed by atoms with Gasteiger partial charge in [-0.15, -0.1) is 0 Å². The largest absolute Gasteiger partial charge is 0.380 e. The molecular weight excluding hydrogens is 248 g/mol. The quantitative estimate of drug-likeness (QED) is 0.858. The minimum atomic E-state index is 0.426. The van der Waals surface area contributed by atoms with Gasteiger partial charge >= 0.3 is 0 Å². The van der Waals surface area contributed by atoms with Crippen LogP contribution in [0.4, 0.5) is 0 Å². The Morgan fingerprint density at radius 2 is 1.90 bits per heavy atom. The zero-order valence-electron chi connectivity index (χ0n) is 14.1. The lowest BCUT2D eigenvalue weighted by Crippen LogP contribution is -2.51. The first-order valence-electron chi connectivity index (χ1n) is 8.47. The lowest BCUT2D eigenvalue weighted by Gasteiger charge is -2.44. The molecule has 6 unspecified atom stereocenters. The standard InChI is InChI=1S/C17H34N2O/c1-12-8-14(3)15(16(9-12)18-4)10-19-7-6-13(2)17(11-19)20-5/h12-18H,6-11H2,1-5H3. The van der Waals surface area contributed by atoms with Crippen molar-refractivity contribution in [1.82, 2.24) is 10.2 Å². The van der Waals surface area contributed by atoms with Crippen molar-refractivity contribution in [3.63, 3.8) is 0 Å². The van der Waals surface area contributed by atoms with E-state index in [0.717, 1.165) is 24.3 Å². The van der Waals surface area contributed by atoms with E-state index in [4.69, 9.17) is 4.74 Å². The van der Waals surface area contributed by atoms with Crippen LogP contribution in [0.5, 0.6) is 0 Å². The highest BCUT2D eigenvalue weighted by Crippen LogP contribution is 2.35. The van der Waals surface area contributed by atoms with Crippen LogP contribution >= 0.6 is 0 Å². The van der Waals surface area contributed by atoms with E-state index in [-0.39, 0.29) is 0 Å². The topological polar surface area (TPSA) is 24.5 Å². The zero-order chi connectivity index (χ0) is 14.7. The summed E-state index contributed by atoms with van der Waals surface area (Å²) < 4.78 is 5.66. The predicted octanol–water partition coefficient (Wildman–Crippen LogP) is 2.61. The SMILES string of the molecule is CNC1CC(C)CC(C)C1CN1CCC(C)C(OC)C1. The fraction of sp³-hybridized carbons (Fsp3) is 1.00. The number of piperidine rings is 1. The molecule has 6 atom stereocenters. The Balaban J connectivity index is 1.93. The maximum Gasteiger partial charge on any atom is 0.0724 e. The third-order valence-corrected chi connectivity index (χ3v) is 5.79. The molecule has 3 nitrogen and oxygen atoms in total. The molecule has 2 aliphatic rings. The molecular formula is C17H34N2O. The molecule has 2 rings (SSSR count). The number of methoxy groups -OCH3 is 1. The van der Waals surface area contributed by atoms with Crippen LogP contribution in [-0.4, -0.2) is 50.8 Å². The van der Waals surface area contributed by atoms with Crippen LogP contribution in [0.25, 0.3) is 0 Å². The Hall–Kier alpha value is -0.120. The Morgan fingerprint density at radius 3 is 2.55 bits per heavy atom. The summed E-state index contributed by atoms with van der Waals surface area (Å²) in [5.41, 5.74) is 0. The highest BCUT2D eigenvalue weighted by Gasteiger charge is 2.35. The van der Waals surface area contributed by atoms with Crippen molar-refractivity contribution in [2.45, 2.75) is 52.2 Å². The molecule has 1 saturated carbocycles. The van der Waals surface area contributed by atoms with Crippen LogP contribution in [0.3, 0.4) is 0 Å². The van der Waals surface area contributed by atoms with Crippen LogP contribution in [0, 0.1) is 23.7 Å². The molecule has 0 radical (unpaired) electrons. The number of hydrogen-bond acceptors (Lipinski definition) is 3. The van der Waals surface area contributed by atoms with Gasteiger partial charge in [-0.05, 0) is 56.5 Å². The first kappa shape index (κ1) is 16.3. The van der Waals surface area contributed by atoms with E-state index in [2.05, 4.69) is 38.0 Å². The average Bonchev–Trinajstić information content (AvgIpc) is 2.43. The minimum Gasteiger partial charge on any atom is -0.380 e. The van der Waals surface area contributed by atoms with Gasteiger partial charge in [0.05, 0.1) is 6.10 Å². The Bertz CT molecular complexity index is 297. The number of nitrogens with one attached hydrogen (secondary N) is 1. The summed E-state index contributed by atoms with van der Waals surface area (Å²) in [5, 5.41) is 3.58. The van der Waals surface area contributed by atoms with Crippen molar-refractivity contribution in [2.24, 2.45) is 23.7 Å². The minimum absolute atomic E-state index is 0.426. The molecule has 2 fully saturated rings. The van der Waals surface area contributed by atoms with Crippen molar-refractivity contribution >= 4 is 0 Å². The first-order valence-corrected chi connectivity index (χ1v) is 8.47. The summed E-state index contributed by atoms with van der Waals surface area (Å²) in [6.45, 7) is 10.8. The van der Waals surface area contributed by atoms with Gasteiger partial charge in [-0.25, -0.2) is 0 Å². The molecule has 118 valence electrons. The lowest BCUT2D eigenvalue weighted by molar-refractivity contribution is -0.0177. The summed E-state index contributed by atoms with van der Waals surface area (Å²) in [6, 6.07) is 0.689. The van der Waals surface area contributed by atoms with Gasteiger partial charge in [0.25, 0.3) is 0 Å². The van der Waals surface area contributed by atoms with Crippen molar-refractivity contribution in [3.05, 3.63) is 0 Å². The fourth-order valence-corrected chi connectivity index (χ4v) is 4.42. The van der Waals surface area contributed by atoms with E-state index in [9.17, 15) is 0 Å². The fourth-order valence-electron chi connectivity index (χ4n) is 4.42. The highest BCUT2D eigenvalue weighted by molar-refractivity contribution is 4.90. The summed E-state index contributed by atoms with van der Waals surface area (Å²) >= 11 is 0. The lowest BCUT2D eigenvalue weighted by atomic mass is 9.72. The van der Waals surface area contributed by atoms with Crippen molar-refractivity contribution in [1.29, 1.82) is 0 Å². The number of ether oxygens (including phenoxy) is 1. The van der Waals surface area contributed by atoms with Crippen molar-refractivity contribution in [3.8, 4) is 0 Å². The third-order valence-electron chi connectivity index (χ3n) is 5.79. The molecule has 0 aromatic heterocycles. The normalized spacial score (nSPS) is 43.6. The van der Waals surface area contributed by atoms with E-state index in [1.165, 1.54) is 32.4 Å². The molecule has 1 aliphatic carbocycles.